The number of ketones is 1. The van der Waals surface area contributed by atoms with Crippen LogP contribution in [0, 0.1) is 17.8 Å². The number of nitrogens with one attached hydrogen (secondary N) is 1. The van der Waals surface area contributed by atoms with Gasteiger partial charge in [0, 0.05) is 31.5 Å². The van der Waals surface area contributed by atoms with Gasteiger partial charge in [0.15, 0.2) is 11.9 Å². The molecular formula is C23H40N2O3. The molecule has 1 amide bonds. The van der Waals surface area contributed by atoms with Crippen LogP contribution in [0.5, 0.6) is 0 Å². The second-order valence-electron chi connectivity index (χ2n) is 8.57. The normalized spacial score (nSPS) is 15.6. The second kappa shape index (κ2) is 11.9. The average molecular weight is 393 g/mol. The fourth-order valence-electron chi connectivity index (χ4n) is 3.32. The van der Waals surface area contributed by atoms with Crippen molar-refractivity contribution in [1.29, 1.82) is 0 Å². The third-order valence-corrected chi connectivity index (χ3v) is 5.14. The van der Waals surface area contributed by atoms with E-state index >= 15 is 0 Å². The molecule has 0 aromatic heterocycles. The Bertz CT molecular complexity index is 568. The lowest BCUT2D eigenvalue weighted by Crippen LogP contribution is -2.64. The fourth-order valence-corrected chi connectivity index (χ4v) is 3.32. The molecule has 0 radical (unpaired) electrons. The number of nitrogens with zero attached hydrogens (tertiary/aromatic N) is 1. The lowest BCUT2D eigenvalue weighted by Gasteiger charge is -2.43. The predicted molar refractivity (Wildman–Crippen MR) is 116 cm³/mol. The summed E-state index contributed by atoms with van der Waals surface area (Å²) in [5, 5.41) is 3.34. The molecule has 0 bridgehead atoms. The summed E-state index contributed by atoms with van der Waals surface area (Å²) in [5.41, 5.74) is -0.812. The Hall–Kier alpha value is -1.75. The molecule has 1 N–H and O–H groups in total. The molecule has 0 saturated carbocycles. The number of hydrogen-bond acceptors (Lipinski definition) is 4. The average Bonchev–Trinajstić information content (AvgIpc) is 2.62. The third-order valence-electron chi connectivity index (χ3n) is 5.14. The highest BCUT2D eigenvalue weighted by Crippen LogP contribution is 2.25. The van der Waals surface area contributed by atoms with E-state index in [1.165, 1.54) is 4.90 Å². The summed E-state index contributed by atoms with van der Waals surface area (Å²) in [5.74, 6) is -0.0647. The van der Waals surface area contributed by atoms with Gasteiger partial charge in [0.05, 0.1) is 0 Å². The first kappa shape index (κ1) is 26.2. The Morgan fingerprint density at radius 3 is 2.14 bits per heavy atom. The Labute approximate surface area is 171 Å². The van der Waals surface area contributed by atoms with Crippen LogP contribution in [0.2, 0.25) is 0 Å². The van der Waals surface area contributed by atoms with Crippen molar-refractivity contribution in [3.63, 3.8) is 0 Å². The molecule has 0 heterocycles. The van der Waals surface area contributed by atoms with Gasteiger partial charge in [-0.25, -0.2) is 0 Å². The number of hydrogen-bond donors (Lipinski definition) is 1. The van der Waals surface area contributed by atoms with Gasteiger partial charge in [0.2, 0.25) is 0 Å². The minimum absolute atomic E-state index is 0.125. The van der Waals surface area contributed by atoms with E-state index in [1.807, 2.05) is 41.5 Å². The maximum absolute atomic E-state index is 13.1. The number of aldehydes is 1. The summed E-state index contributed by atoms with van der Waals surface area (Å²) in [6.45, 7) is 19.7. The van der Waals surface area contributed by atoms with Crippen LogP contribution >= 0.6 is 0 Å². The predicted octanol–water partition coefficient (Wildman–Crippen LogP) is 4.14. The van der Waals surface area contributed by atoms with Gasteiger partial charge >= 0.3 is 0 Å². The maximum atomic E-state index is 13.1. The first-order valence-corrected chi connectivity index (χ1v) is 10.3. The van der Waals surface area contributed by atoms with E-state index < -0.39 is 5.66 Å². The SMILES string of the molecule is C=C[C@H](NC(C=O)(CC(C)C)N(C)C(=O)C(=C)C(C)CC(=O)CCC)C(C)C. The van der Waals surface area contributed by atoms with Crippen LogP contribution in [0.4, 0.5) is 0 Å². The molecule has 0 spiro atoms. The summed E-state index contributed by atoms with van der Waals surface area (Å²) in [7, 11) is 1.62. The molecule has 0 aliphatic rings. The summed E-state index contributed by atoms with van der Waals surface area (Å²) in [6, 6.07) is -0.129. The van der Waals surface area contributed by atoms with Crippen molar-refractivity contribution >= 4 is 18.0 Å². The Morgan fingerprint density at radius 1 is 1.18 bits per heavy atom. The molecule has 0 aromatic carbocycles. The standard InChI is InChI=1S/C23H40N2O3/c1-10-12-20(27)13-18(7)19(8)22(28)25(9)23(15-26,14-16(3)4)24-21(11-2)17(5)6/h11,15-18,21,24H,2,8,10,12-14H2,1,3-7,9H3/t18?,21-,23?/m0/s1. The maximum Gasteiger partial charge on any atom is 0.251 e. The van der Waals surface area contributed by atoms with E-state index in [2.05, 4.69) is 18.5 Å². The van der Waals surface area contributed by atoms with Gasteiger partial charge in [-0.3, -0.25) is 19.7 Å². The lowest BCUT2D eigenvalue weighted by molar-refractivity contribution is -0.140. The molecule has 0 fully saturated rings. The number of amides is 1. The Balaban J connectivity index is 5.66. The molecular weight excluding hydrogens is 352 g/mol. The second-order valence-corrected chi connectivity index (χ2v) is 8.57. The van der Waals surface area contributed by atoms with E-state index in [-0.39, 0.29) is 35.5 Å². The summed E-state index contributed by atoms with van der Waals surface area (Å²) < 4.78 is 0. The highest BCUT2D eigenvalue weighted by molar-refractivity contribution is 5.96. The van der Waals surface area contributed by atoms with Crippen molar-refractivity contribution in [2.24, 2.45) is 17.8 Å². The molecule has 0 aliphatic heterocycles. The van der Waals surface area contributed by atoms with Crippen LogP contribution in [0.15, 0.2) is 24.8 Å². The summed E-state index contributed by atoms with van der Waals surface area (Å²) >= 11 is 0. The number of likely N-dealkylation sites (N-methyl/N-ethyl adjacent to an activating group) is 1. The highest BCUT2D eigenvalue weighted by atomic mass is 16.2. The lowest BCUT2D eigenvalue weighted by atomic mass is 9.90. The quantitative estimate of drug-likeness (QED) is 0.209. The molecule has 5 heteroatoms. The number of rotatable bonds is 14. The molecule has 2 unspecified atom stereocenters. The molecule has 28 heavy (non-hydrogen) atoms. The summed E-state index contributed by atoms with van der Waals surface area (Å²) in [6.07, 6.45) is 4.62. The van der Waals surface area contributed by atoms with E-state index in [0.717, 1.165) is 12.7 Å². The smallest absolute Gasteiger partial charge is 0.251 e. The molecule has 160 valence electrons. The van der Waals surface area contributed by atoms with Crippen molar-refractivity contribution in [3.8, 4) is 0 Å². The third kappa shape index (κ3) is 7.34. The number of carbonyl (C=O) groups excluding carboxylic acids is 3. The monoisotopic (exact) mass is 392 g/mol. The van der Waals surface area contributed by atoms with Crippen molar-refractivity contribution in [2.75, 3.05) is 7.05 Å². The highest BCUT2D eigenvalue weighted by Gasteiger charge is 2.40. The Morgan fingerprint density at radius 2 is 1.75 bits per heavy atom. The van der Waals surface area contributed by atoms with E-state index in [9.17, 15) is 14.4 Å². The zero-order valence-corrected chi connectivity index (χ0v) is 18.9. The molecule has 0 aromatic rings. The van der Waals surface area contributed by atoms with E-state index in [1.54, 1.807) is 13.1 Å². The number of carbonyl (C=O) groups is 3. The molecule has 0 saturated heterocycles. The van der Waals surface area contributed by atoms with Crippen molar-refractivity contribution in [1.82, 2.24) is 10.2 Å². The minimum atomic E-state index is -1.16. The van der Waals surface area contributed by atoms with Crippen LogP contribution in [0.1, 0.15) is 67.2 Å². The van der Waals surface area contributed by atoms with Gasteiger partial charge in [-0.15, -0.1) is 6.58 Å². The zero-order chi connectivity index (χ0) is 22.1. The van der Waals surface area contributed by atoms with Crippen molar-refractivity contribution in [2.45, 2.75) is 78.9 Å². The van der Waals surface area contributed by atoms with Gasteiger partial charge in [-0.2, -0.15) is 0 Å². The number of Topliss-reactive ketones (excluding diaryl/α,β-unsaturated/α-hetero) is 1. The topological polar surface area (TPSA) is 66.5 Å². The van der Waals surface area contributed by atoms with Crippen LogP contribution in [-0.4, -0.2) is 41.6 Å². The van der Waals surface area contributed by atoms with Gasteiger partial charge in [-0.1, -0.05) is 54.2 Å². The van der Waals surface area contributed by atoms with Crippen LogP contribution < -0.4 is 5.32 Å². The Kier molecular flexibility index (Phi) is 11.2. The fraction of sp³-hybridized carbons (Fsp3) is 0.696. The molecule has 0 rings (SSSR count). The van der Waals surface area contributed by atoms with Crippen molar-refractivity contribution in [3.05, 3.63) is 24.8 Å². The van der Waals surface area contributed by atoms with Crippen LogP contribution in [0.3, 0.4) is 0 Å². The van der Waals surface area contributed by atoms with Crippen LogP contribution in [-0.2, 0) is 14.4 Å². The minimum Gasteiger partial charge on any atom is -0.317 e. The molecule has 5 nitrogen and oxygen atoms in total. The van der Waals surface area contributed by atoms with Crippen LogP contribution in [0.25, 0.3) is 0 Å². The van der Waals surface area contributed by atoms with Gasteiger partial charge in [0.1, 0.15) is 5.78 Å². The first-order chi connectivity index (χ1) is 12.9. The van der Waals surface area contributed by atoms with E-state index in [0.29, 0.717) is 24.8 Å². The van der Waals surface area contributed by atoms with Gasteiger partial charge < -0.3 is 4.90 Å². The van der Waals surface area contributed by atoms with Crippen molar-refractivity contribution < 1.29 is 14.4 Å². The molecule has 3 atom stereocenters. The first-order valence-electron chi connectivity index (χ1n) is 10.3. The molecule has 0 aliphatic carbocycles. The zero-order valence-electron chi connectivity index (χ0n) is 18.9. The van der Waals surface area contributed by atoms with E-state index in [4.69, 9.17) is 0 Å². The van der Waals surface area contributed by atoms with Gasteiger partial charge in [0.25, 0.3) is 5.91 Å². The summed E-state index contributed by atoms with van der Waals surface area (Å²) in [4.78, 5) is 38.8. The largest absolute Gasteiger partial charge is 0.317 e. The van der Waals surface area contributed by atoms with Gasteiger partial charge in [-0.05, 0) is 30.6 Å².